The van der Waals surface area contributed by atoms with Crippen molar-refractivity contribution in [2.75, 3.05) is 19.6 Å². The minimum Gasteiger partial charge on any atom is -0.304 e. The van der Waals surface area contributed by atoms with Gasteiger partial charge in [-0.1, -0.05) is 50.8 Å². The van der Waals surface area contributed by atoms with Crippen LogP contribution in [0, 0.1) is 0 Å². The lowest BCUT2D eigenvalue weighted by Gasteiger charge is -2.17. The summed E-state index contributed by atoms with van der Waals surface area (Å²) in [6.45, 7) is 11.6. The third-order valence-corrected chi connectivity index (χ3v) is 2.80. The van der Waals surface area contributed by atoms with Crippen molar-refractivity contribution in [1.82, 2.24) is 4.90 Å². The van der Waals surface area contributed by atoms with Gasteiger partial charge in [-0.05, 0) is 30.6 Å². The van der Waals surface area contributed by atoms with Gasteiger partial charge in [0.1, 0.15) is 0 Å². The molecular formula is C14H21N. The fourth-order valence-corrected chi connectivity index (χ4v) is 1.70. The number of benzene rings is 1. The highest BCUT2D eigenvalue weighted by Gasteiger charge is 1.99. The highest BCUT2D eigenvalue weighted by atomic mass is 15.1. The quantitative estimate of drug-likeness (QED) is 0.686. The smallest absolute Gasteiger partial charge is 0.00216 e. The summed E-state index contributed by atoms with van der Waals surface area (Å²) in [6, 6.07) is 8.61. The molecule has 0 amide bonds. The predicted molar refractivity (Wildman–Crippen MR) is 68.0 cm³/mol. The Morgan fingerprint density at radius 1 is 1.27 bits per heavy atom. The first-order chi connectivity index (χ1) is 7.30. The lowest BCUT2D eigenvalue weighted by Crippen LogP contribution is -2.25. The maximum atomic E-state index is 3.79. The molecule has 1 aromatic rings. The molecule has 0 N–H and O–H groups in total. The second-order valence-electron chi connectivity index (χ2n) is 3.73. The van der Waals surface area contributed by atoms with Gasteiger partial charge in [0.05, 0.1) is 0 Å². The van der Waals surface area contributed by atoms with Crippen LogP contribution in [-0.4, -0.2) is 24.5 Å². The number of rotatable bonds is 6. The molecule has 1 nitrogen and oxygen atoms in total. The highest BCUT2D eigenvalue weighted by Crippen LogP contribution is 2.07. The van der Waals surface area contributed by atoms with Crippen LogP contribution in [0.3, 0.4) is 0 Å². The van der Waals surface area contributed by atoms with Crippen molar-refractivity contribution in [2.24, 2.45) is 0 Å². The van der Waals surface area contributed by atoms with Gasteiger partial charge in [-0.2, -0.15) is 0 Å². The molecule has 0 atom stereocenters. The maximum absolute atomic E-state index is 3.79. The molecule has 15 heavy (non-hydrogen) atoms. The van der Waals surface area contributed by atoms with Crippen molar-refractivity contribution < 1.29 is 0 Å². The van der Waals surface area contributed by atoms with Crippen molar-refractivity contribution in [2.45, 2.75) is 20.3 Å². The Balaban J connectivity index is 2.53. The minimum absolute atomic E-state index is 1.13. The second-order valence-corrected chi connectivity index (χ2v) is 3.73. The van der Waals surface area contributed by atoms with Crippen LogP contribution >= 0.6 is 0 Å². The Labute approximate surface area is 93.4 Å². The molecule has 0 aliphatic heterocycles. The van der Waals surface area contributed by atoms with E-state index in [-0.39, 0.29) is 0 Å². The van der Waals surface area contributed by atoms with E-state index in [1.807, 2.05) is 6.08 Å². The van der Waals surface area contributed by atoms with E-state index >= 15 is 0 Å². The van der Waals surface area contributed by atoms with Crippen LogP contribution in [0.15, 0.2) is 30.8 Å². The second kappa shape index (κ2) is 6.41. The van der Waals surface area contributed by atoms with Gasteiger partial charge in [-0.15, -0.1) is 0 Å². The normalized spacial score (nSPS) is 10.6. The average Bonchev–Trinajstić information content (AvgIpc) is 2.31. The van der Waals surface area contributed by atoms with Crippen LogP contribution in [0.5, 0.6) is 0 Å². The average molecular weight is 203 g/mol. The van der Waals surface area contributed by atoms with Crippen molar-refractivity contribution in [3.63, 3.8) is 0 Å². The van der Waals surface area contributed by atoms with Gasteiger partial charge in [0.15, 0.2) is 0 Å². The fourth-order valence-electron chi connectivity index (χ4n) is 1.70. The van der Waals surface area contributed by atoms with Crippen molar-refractivity contribution in [3.05, 3.63) is 42.0 Å². The van der Waals surface area contributed by atoms with E-state index in [4.69, 9.17) is 0 Å². The summed E-state index contributed by atoms with van der Waals surface area (Å²) in [5.41, 5.74) is 2.62. The summed E-state index contributed by atoms with van der Waals surface area (Å²) < 4.78 is 0. The summed E-state index contributed by atoms with van der Waals surface area (Å²) in [4.78, 5) is 2.45. The molecule has 1 rings (SSSR count). The SMILES string of the molecule is C=Cc1cccc(CCN(CC)CC)c1. The molecule has 0 spiro atoms. The molecular weight excluding hydrogens is 182 g/mol. The van der Waals surface area contributed by atoms with Crippen LogP contribution in [0.1, 0.15) is 25.0 Å². The molecule has 0 bridgehead atoms. The molecule has 1 heteroatoms. The molecule has 0 fully saturated rings. The maximum Gasteiger partial charge on any atom is 0.00216 e. The topological polar surface area (TPSA) is 3.24 Å². The molecule has 82 valence electrons. The standard InChI is InChI=1S/C14H21N/c1-4-13-8-7-9-14(12-13)10-11-15(5-2)6-3/h4,7-9,12H,1,5-6,10-11H2,2-3H3. The first-order valence-electron chi connectivity index (χ1n) is 5.73. The molecule has 0 radical (unpaired) electrons. The van der Waals surface area contributed by atoms with Gasteiger partial charge < -0.3 is 4.90 Å². The summed E-state index contributed by atoms with van der Waals surface area (Å²) in [5.74, 6) is 0. The van der Waals surface area contributed by atoms with Crippen molar-refractivity contribution >= 4 is 6.08 Å². The van der Waals surface area contributed by atoms with Crippen LogP contribution < -0.4 is 0 Å². The van der Waals surface area contributed by atoms with Gasteiger partial charge in [-0.25, -0.2) is 0 Å². The molecule has 0 aliphatic carbocycles. The third kappa shape index (κ3) is 3.88. The lowest BCUT2D eigenvalue weighted by atomic mass is 10.1. The predicted octanol–water partition coefficient (Wildman–Crippen LogP) is 3.21. The zero-order valence-corrected chi connectivity index (χ0v) is 9.87. The van der Waals surface area contributed by atoms with Gasteiger partial charge in [0.2, 0.25) is 0 Å². The zero-order valence-electron chi connectivity index (χ0n) is 9.87. The molecule has 0 saturated heterocycles. The third-order valence-electron chi connectivity index (χ3n) is 2.80. The molecule has 0 unspecified atom stereocenters. The molecule has 0 heterocycles. The van der Waals surface area contributed by atoms with E-state index in [0.717, 1.165) is 26.1 Å². The van der Waals surface area contributed by atoms with Crippen molar-refractivity contribution in [1.29, 1.82) is 0 Å². The first-order valence-corrected chi connectivity index (χ1v) is 5.73. The van der Waals surface area contributed by atoms with Crippen LogP contribution in [0.4, 0.5) is 0 Å². The molecule has 0 saturated carbocycles. The van der Waals surface area contributed by atoms with E-state index in [1.54, 1.807) is 0 Å². The van der Waals surface area contributed by atoms with Gasteiger partial charge in [0.25, 0.3) is 0 Å². The lowest BCUT2D eigenvalue weighted by molar-refractivity contribution is 0.308. The number of likely N-dealkylation sites (N-methyl/N-ethyl adjacent to an activating group) is 1. The highest BCUT2D eigenvalue weighted by molar-refractivity contribution is 5.47. The largest absolute Gasteiger partial charge is 0.304 e. The Hall–Kier alpha value is -1.08. The monoisotopic (exact) mass is 203 g/mol. The molecule has 0 aliphatic rings. The van der Waals surface area contributed by atoms with E-state index < -0.39 is 0 Å². The number of nitrogens with zero attached hydrogens (tertiary/aromatic N) is 1. The summed E-state index contributed by atoms with van der Waals surface area (Å²) >= 11 is 0. The molecule has 1 aromatic carbocycles. The van der Waals surface area contributed by atoms with Crippen LogP contribution in [-0.2, 0) is 6.42 Å². The number of hydrogen-bond donors (Lipinski definition) is 0. The van der Waals surface area contributed by atoms with E-state index in [1.165, 1.54) is 11.1 Å². The molecule has 0 aromatic heterocycles. The van der Waals surface area contributed by atoms with E-state index in [0.29, 0.717) is 0 Å². The summed E-state index contributed by atoms with van der Waals surface area (Å²) in [6.07, 6.45) is 3.03. The van der Waals surface area contributed by atoms with Gasteiger partial charge >= 0.3 is 0 Å². The fraction of sp³-hybridized carbons (Fsp3) is 0.429. The Bertz CT molecular complexity index is 300. The Morgan fingerprint density at radius 2 is 2.00 bits per heavy atom. The summed E-state index contributed by atoms with van der Waals surface area (Å²) in [5, 5.41) is 0. The van der Waals surface area contributed by atoms with Crippen LogP contribution in [0.2, 0.25) is 0 Å². The zero-order chi connectivity index (χ0) is 11.1. The minimum atomic E-state index is 1.13. The number of hydrogen-bond acceptors (Lipinski definition) is 1. The first kappa shape index (κ1) is 12.0. The van der Waals surface area contributed by atoms with E-state index in [9.17, 15) is 0 Å². The summed E-state index contributed by atoms with van der Waals surface area (Å²) in [7, 11) is 0. The van der Waals surface area contributed by atoms with Gasteiger partial charge in [0, 0.05) is 6.54 Å². The van der Waals surface area contributed by atoms with Crippen LogP contribution in [0.25, 0.3) is 6.08 Å². The van der Waals surface area contributed by atoms with Gasteiger partial charge in [-0.3, -0.25) is 0 Å². The van der Waals surface area contributed by atoms with E-state index in [2.05, 4.69) is 49.6 Å². The Morgan fingerprint density at radius 3 is 2.60 bits per heavy atom. The van der Waals surface area contributed by atoms with Crippen molar-refractivity contribution in [3.8, 4) is 0 Å². The Kier molecular flexibility index (Phi) is 5.13.